The van der Waals surface area contributed by atoms with Gasteiger partial charge in [0.1, 0.15) is 5.00 Å². The Bertz CT molecular complexity index is 907. The van der Waals surface area contributed by atoms with Crippen LogP contribution in [0.3, 0.4) is 0 Å². The van der Waals surface area contributed by atoms with E-state index < -0.39 is 0 Å². The highest BCUT2D eigenvalue weighted by atomic mass is 79.9. The first kappa shape index (κ1) is 21.5. The number of halogens is 1. The van der Waals surface area contributed by atoms with E-state index in [1.54, 1.807) is 11.3 Å². The van der Waals surface area contributed by atoms with Crippen LogP contribution in [0.1, 0.15) is 40.1 Å². The molecule has 1 saturated heterocycles. The molecule has 1 aromatic carbocycles. The molecule has 30 heavy (non-hydrogen) atoms. The fourth-order valence-corrected chi connectivity index (χ4v) is 5.49. The van der Waals surface area contributed by atoms with Gasteiger partial charge in [0.05, 0.1) is 25.3 Å². The van der Waals surface area contributed by atoms with Gasteiger partial charge in [0.25, 0.3) is 5.91 Å². The lowest BCUT2D eigenvalue weighted by Gasteiger charge is -2.25. The van der Waals surface area contributed by atoms with Gasteiger partial charge in [-0.05, 0) is 55.5 Å². The quantitative estimate of drug-likeness (QED) is 0.611. The van der Waals surface area contributed by atoms with E-state index in [1.807, 2.05) is 24.3 Å². The van der Waals surface area contributed by atoms with Crippen molar-refractivity contribution in [1.29, 1.82) is 0 Å². The molecule has 1 aliphatic carbocycles. The van der Waals surface area contributed by atoms with Crippen molar-refractivity contribution in [2.45, 2.75) is 32.1 Å². The molecule has 8 heteroatoms. The van der Waals surface area contributed by atoms with Crippen LogP contribution >= 0.6 is 27.3 Å². The summed E-state index contributed by atoms with van der Waals surface area (Å²) >= 11 is 4.98. The molecular weight excluding hydrogens is 466 g/mol. The molecule has 0 spiro atoms. The number of carbonyl (C=O) groups is 2. The third-order valence-electron chi connectivity index (χ3n) is 5.47. The fraction of sp³-hybridized carbons (Fsp3) is 0.455. The summed E-state index contributed by atoms with van der Waals surface area (Å²) in [7, 11) is 0. The smallest absolute Gasteiger partial charge is 0.258 e. The lowest BCUT2D eigenvalue weighted by molar-refractivity contribution is -0.118. The first-order chi connectivity index (χ1) is 14.6. The minimum Gasteiger partial charge on any atom is -0.379 e. The number of fused-ring (bicyclic) bond motifs is 1. The molecule has 1 aromatic heterocycles. The Balaban J connectivity index is 1.55. The number of hydrogen-bond acceptors (Lipinski definition) is 5. The maximum atomic E-state index is 13.2. The molecule has 2 aromatic rings. The SMILES string of the molecule is O=C(CN1CCOCC1)Nc1sc2c(c1C(=O)Nc1ccc(Br)cc1)CCCCC2. The van der Waals surface area contributed by atoms with E-state index in [9.17, 15) is 9.59 Å². The standard InChI is InChI=1S/C22H26BrN3O3S/c23-15-6-8-16(9-7-15)24-21(28)20-17-4-2-1-3-5-18(17)30-22(20)25-19(27)14-26-10-12-29-13-11-26/h6-9H,1-5,10-14H2,(H,24,28)(H,25,27). The van der Waals surface area contributed by atoms with E-state index in [0.29, 0.717) is 30.3 Å². The molecule has 160 valence electrons. The molecule has 0 bridgehead atoms. The van der Waals surface area contributed by atoms with Crippen LogP contribution in [-0.2, 0) is 22.4 Å². The second-order valence-corrected chi connectivity index (χ2v) is 9.69. The number of thiophene rings is 1. The van der Waals surface area contributed by atoms with Gasteiger partial charge in [0.2, 0.25) is 5.91 Å². The van der Waals surface area contributed by atoms with Crippen LogP contribution in [0.2, 0.25) is 0 Å². The summed E-state index contributed by atoms with van der Waals surface area (Å²) in [6.45, 7) is 3.14. The summed E-state index contributed by atoms with van der Waals surface area (Å²) in [5, 5.41) is 6.72. The van der Waals surface area contributed by atoms with Crippen molar-refractivity contribution >= 4 is 49.8 Å². The van der Waals surface area contributed by atoms with E-state index >= 15 is 0 Å². The summed E-state index contributed by atoms with van der Waals surface area (Å²) in [4.78, 5) is 29.3. The summed E-state index contributed by atoms with van der Waals surface area (Å²) in [6.07, 6.45) is 5.23. The Hall–Kier alpha value is -1.74. The van der Waals surface area contributed by atoms with Gasteiger partial charge < -0.3 is 15.4 Å². The summed E-state index contributed by atoms with van der Waals surface area (Å²) < 4.78 is 6.31. The number of nitrogens with zero attached hydrogens (tertiary/aromatic N) is 1. The zero-order chi connectivity index (χ0) is 20.9. The minimum absolute atomic E-state index is 0.0778. The van der Waals surface area contributed by atoms with Gasteiger partial charge >= 0.3 is 0 Å². The van der Waals surface area contributed by atoms with Gasteiger partial charge in [-0.15, -0.1) is 11.3 Å². The first-order valence-corrected chi connectivity index (χ1v) is 12.0. The number of hydrogen-bond donors (Lipinski definition) is 2. The van der Waals surface area contributed by atoms with Crippen LogP contribution < -0.4 is 10.6 Å². The van der Waals surface area contributed by atoms with Crippen LogP contribution in [0.25, 0.3) is 0 Å². The second-order valence-electron chi connectivity index (χ2n) is 7.67. The van der Waals surface area contributed by atoms with E-state index in [0.717, 1.165) is 54.5 Å². The monoisotopic (exact) mass is 491 g/mol. The van der Waals surface area contributed by atoms with Crippen LogP contribution in [0.15, 0.2) is 28.7 Å². The van der Waals surface area contributed by atoms with Crippen molar-refractivity contribution in [3.05, 3.63) is 44.7 Å². The fourth-order valence-electron chi connectivity index (χ4n) is 3.93. The van der Waals surface area contributed by atoms with Gasteiger partial charge in [-0.1, -0.05) is 22.4 Å². The number of nitrogens with one attached hydrogen (secondary N) is 2. The van der Waals surface area contributed by atoms with Crippen LogP contribution in [0.5, 0.6) is 0 Å². The molecule has 0 saturated carbocycles. The maximum Gasteiger partial charge on any atom is 0.258 e. The minimum atomic E-state index is -0.154. The third-order valence-corrected chi connectivity index (χ3v) is 7.21. The molecule has 0 radical (unpaired) electrons. The Morgan fingerprint density at radius 2 is 1.77 bits per heavy atom. The average Bonchev–Trinajstić information content (AvgIpc) is 2.90. The molecule has 2 heterocycles. The van der Waals surface area contributed by atoms with Crippen LogP contribution in [0, 0.1) is 0 Å². The Labute approximate surface area is 189 Å². The van der Waals surface area contributed by atoms with Crippen LogP contribution in [0.4, 0.5) is 10.7 Å². The molecular formula is C22H26BrN3O3S. The number of benzene rings is 1. The highest BCUT2D eigenvalue weighted by Crippen LogP contribution is 2.38. The zero-order valence-corrected chi connectivity index (χ0v) is 19.2. The number of aryl methyl sites for hydroxylation is 1. The van der Waals surface area contributed by atoms with Crippen LogP contribution in [-0.4, -0.2) is 49.6 Å². The molecule has 0 atom stereocenters. The Morgan fingerprint density at radius 1 is 1.03 bits per heavy atom. The number of rotatable bonds is 5. The largest absolute Gasteiger partial charge is 0.379 e. The number of morpholine rings is 1. The molecule has 1 aliphatic heterocycles. The molecule has 1 fully saturated rings. The lowest BCUT2D eigenvalue weighted by atomic mass is 10.0. The van der Waals surface area contributed by atoms with Crippen molar-refractivity contribution in [3.63, 3.8) is 0 Å². The van der Waals surface area contributed by atoms with E-state index in [4.69, 9.17) is 4.74 Å². The van der Waals surface area contributed by atoms with Crippen molar-refractivity contribution in [2.24, 2.45) is 0 Å². The molecule has 4 rings (SSSR count). The average molecular weight is 492 g/mol. The third kappa shape index (κ3) is 5.29. The first-order valence-electron chi connectivity index (χ1n) is 10.4. The van der Waals surface area contributed by atoms with Crippen molar-refractivity contribution in [1.82, 2.24) is 4.90 Å². The predicted molar refractivity (Wildman–Crippen MR) is 124 cm³/mol. The van der Waals surface area contributed by atoms with Gasteiger partial charge in [-0.2, -0.15) is 0 Å². The number of amides is 2. The predicted octanol–water partition coefficient (Wildman–Crippen LogP) is 4.30. The molecule has 6 nitrogen and oxygen atoms in total. The summed E-state index contributed by atoms with van der Waals surface area (Å²) in [6, 6.07) is 7.52. The summed E-state index contributed by atoms with van der Waals surface area (Å²) in [5.74, 6) is -0.232. The van der Waals surface area contributed by atoms with E-state index in [2.05, 4.69) is 31.5 Å². The lowest BCUT2D eigenvalue weighted by Crippen LogP contribution is -2.41. The topological polar surface area (TPSA) is 70.7 Å². The molecule has 2 N–H and O–H groups in total. The van der Waals surface area contributed by atoms with Crippen molar-refractivity contribution < 1.29 is 14.3 Å². The molecule has 0 unspecified atom stereocenters. The van der Waals surface area contributed by atoms with Crippen molar-refractivity contribution in [2.75, 3.05) is 43.5 Å². The van der Waals surface area contributed by atoms with Gasteiger partial charge in [-0.3, -0.25) is 14.5 Å². The number of carbonyl (C=O) groups excluding carboxylic acids is 2. The highest BCUT2D eigenvalue weighted by molar-refractivity contribution is 9.10. The summed E-state index contributed by atoms with van der Waals surface area (Å²) in [5.41, 5.74) is 2.48. The molecule has 2 aliphatic rings. The van der Waals surface area contributed by atoms with Gasteiger partial charge in [-0.25, -0.2) is 0 Å². The zero-order valence-electron chi connectivity index (χ0n) is 16.8. The maximum absolute atomic E-state index is 13.2. The van der Waals surface area contributed by atoms with Gasteiger partial charge in [0.15, 0.2) is 0 Å². The number of ether oxygens (including phenoxy) is 1. The van der Waals surface area contributed by atoms with Crippen molar-refractivity contribution in [3.8, 4) is 0 Å². The second kappa shape index (κ2) is 10.0. The highest BCUT2D eigenvalue weighted by Gasteiger charge is 2.26. The van der Waals surface area contributed by atoms with E-state index in [-0.39, 0.29) is 11.8 Å². The van der Waals surface area contributed by atoms with E-state index in [1.165, 1.54) is 11.3 Å². The Kier molecular flexibility index (Phi) is 7.20. The van der Waals surface area contributed by atoms with Gasteiger partial charge in [0, 0.05) is 28.1 Å². The Morgan fingerprint density at radius 3 is 2.53 bits per heavy atom. The normalized spacial score (nSPS) is 17.1. The molecule has 2 amide bonds. The number of anilines is 2.